The van der Waals surface area contributed by atoms with Crippen molar-refractivity contribution in [3.63, 3.8) is 0 Å². The van der Waals surface area contributed by atoms with Crippen LogP contribution < -0.4 is 10.5 Å². The highest BCUT2D eigenvalue weighted by atomic mass is 32.2. The van der Waals surface area contributed by atoms with Gasteiger partial charge in [0.1, 0.15) is 11.6 Å². The molecule has 7 rings (SSSR count). The number of carbonyl (C=O) groups excluding carboxylic acids is 1. The van der Waals surface area contributed by atoms with Gasteiger partial charge in [0, 0.05) is 36.4 Å². The number of halogens is 3. The topological polar surface area (TPSA) is 110 Å². The lowest BCUT2D eigenvalue weighted by Crippen LogP contribution is -2.58. The number of nitrogens with two attached hydrogens (primary N) is 1. The van der Waals surface area contributed by atoms with Crippen molar-refractivity contribution >= 4 is 16.2 Å². The molecule has 1 heterocycles. The van der Waals surface area contributed by atoms with Gasteiger partial charge in [-0.15, -0.1) is 0 Å². The second-order valence-electron chi connectivity index (χ2n) is 11.0. The molecule has 35 heavy (non-hydrogen) atoms. The maximum Gasteiger partial charge on any atom is 0.335 e. The van der Waals surface area contributed by atoms with Crippen LogP contribution in [0.1, 0.15) is 73.2 Å². The summed E-state index contributed by atoms with van der Waals surface area (Å²) in [6.45, 7) is 1.29. The Balaban J connectivity index is 0.000000271. The zero-order chi connectivity index (χ0) is 25.2. The highest BCUT2D eigenvalue weighted by molar-refractivity contribution is 7.83. The Kier molecular flexibility index (Phi) is 6.12. The van der Waals surface area contributed by atoms with Crippen LogP contribution in [-0.2, 0) is 10.3 Å². The van der Waals surface area contributed by atoms with Gasteiger partial charge in [-0.2, -0.15) is 12.7 Å². The first-order valence-corrected chi connectivity index (χ1v) is 13.6. The molecule has 1 aromatic rings. The first kappa shape index (κ1) is 24.8. The fraction of sp³-hybridized carbons (Fsp3) is 0.708. The summed E-state index contributed by atoms with van der Waals surface area (Å²) in [6.07, 6.45) is 5.98. The summed E-state index contributed by atoms with van der Waals surface area (Å²) < 4.78 is 78.7. The molecule has 1 saturated heterocycles. The van der Waals surface area contributed by atoms with E-state index in [1.54, 1.807) is 0 Å². The van der Waals surface area contributed by atoms with Gasteiger partial charge in [-0.05, 0) is 74.8 Å². The molecular weight excluding hydrogens is 485 g/mol. The quantitative estimate of drug-likeness (QED) is 0.553. The Morgan fingerprint density at radius 3 is 2.23 bits per heavy atom. The number of ether oxygens (including phenoxy) is 1. The van der Waals surface area contributed by atoms with Crippen molar-refractivity contribution in [2.24, 2.45) is 28.9 Å². The Hall–Kier alpha value is -1.85. The van der Waals surface area contributed by atoms with Gasteiger partial charge in [0.15, 0.2) is 0 Å². The molecule has 3 N–H and O–H groups in total. The predicted octanol–water partition coefficient (Wildman–Crippen LogP) is 4.14. The van der Waals surface area contributed by atoms with Crippen molar-refractivity contribution in [2.45, 2.75) is 63.2 Å². The number of alkyl halides is 2. The van der Waals surface area contributed by atoms with Gasteiger partial charge < -0.3 is 10.5 Å². The van der Waals surface area contributed by atoms with Gasteiger partial charge in [0.25, 0.3) is 11.8 Å². The molecule has 0 aromatic heterocycles. The summed E-state index contributed by atoms with van der Waals surface area (Å²) in [5.41, 5.74) is 5.75. The van der Waals surface area contributed by atoms with Gasteiger partial charge in [-0.1, -0.05) is 0 Å². The predicted molar refractivity (Wildman–Crippen MR) is 121 cm³/mol. The number of amides is 1. The number of primary amides is 1. The minimum atomic E-state index is -3.83. The van der Waals surface area contributed by atoms with Gasteiger partial charge in [-0.25, -0.2) is 13.2 Å². The van der Waals surface area contributed by atoms with E-state index in [0.29, 0.717) is 57.0 Å². The molecule has 6 aliphatic rings. The number of nitrogens with zero attached hydrogens (tertiary/aromatic N) is 1. The van der Waals surface area contributed by atoms with Crippen LogP contribution in [0.3, 0.4) is 0 Å². The van der Waals surface area contributed by atoms with Crippen LogP contribution in [-0.4, -0.2) is 48.8 Å². The average Bonchev–Trinajstić information content (AvgIpc) is 3.53. The number of rotatable bonds is 6. The molecule has 194 valence electrons. The SMILES string of the molecule is NC(=O)c1cc(C2CC2)c(OCC23CC4CC(C2)C(F)(F)C(C4)C3)cc1F.O=S(=O)(O)N1CCC1. The van der Waals surface area contributed by atoms with Crippen molar-refractivity contribution in [1.29, 1.82) is 0 Å². The van der Waals surface area contributed by atoms with Crippen LogP contribution in [0.15, 0.2) is 12.1 Å². The van der Waals surface area contributed by atoms with E-state index in [9.17, 15) is 26.4 Å². The highest BCUT2D eigenvalue weighted by Crippen LogP contribution is 2.65. The van der Waals surface area contributed by atoms with E-state index in [2.05, 4.69) is 0 Å². The Labute approximate surface area is 203 Å². The van der Waals surface area contributed by atoms with Crippen LogP contribution in [0.25, 0.3) is 0 Å². The van der Waals surface area contributed by atoms with Crippen LogP contribution in [0.2, 0.25) is 0 Å². The minimum Gasteiger partial charge on any atom is -0.493 e. The monoisotopic (exact) mass is 516 g/mol. The smallest absolute Gasteiger partial charge is 0.335 e. The van der Waals surface area contributed by atoms with Gasteiger partial charge in [0.2, 0.25) is 0 Å². The number of hydrogen-bond acceptors (Lipinski definition) is 4. The third kappa shape index (κ3) is 4.79. The summed E-state index contributed by atoms with van der Waals surface area (Å²) in [4.78, 5) is 11.4. The Morgan fingerprint density at radius 2 is 1.77 bits per heavy atom. The fourth-order valence-corrected chi connectivity index (χ4v) is 7.31. The van der Waals surface area contributed by atoms with E-state index >= 15 is 0 Å². The first-order valence-electron chi connectivity index (χ1n) is 12.2. The van der Waals surface area contributed by atoms with E-state index in [-0.39, 0.29) is 16.9 Å². The molecule has 11 heteroatoms. The van der Waals surface area contributed by atoms with E-state index in [0.717, 1.165) is 35.6 Å². The molecule has 2 unspecified atom stereocenters. The molecule has 5 saturated carbocycles. The zero-order valence-corrected chi connectivity index (χ0v) is 20.2. The maximum absolute atomic E-state index is 14.5. The van der Waals surface area contributed by atoms with Gasteiger partial charge in [0.05, 0.1) is 12.2 Å². The molecule has 1 aliphatic heterocycles. The fourth-order valence-electron chi connectivity index (χ4n) is 6.59. The molecule has 2 atom stereocenters. The van der Waals surface area contributed by atoms with Crippen molar-refractivity contribution in [2.75, 3.05) is 19.7 Å². The average molecular weight is 517 g/mol. The van der Waals surface area contributed by atoms with Crippen LogP contribution in [0.5, 0.6) is 5.75 Å². The molecule has 1 amide bonds. The second-order valence-corrected chi connectivity index (χ2v) is 12.5. The summed E-state index contributed by atoms with van der Waals surface area (Å²) in [7, 11) is -3.83. The number of hydrogen-bond donors (Lipinski definition) is 2. The van der Waals surface area contributed by atoms with Crippen molar-refractivity contribution in [3.05, 3.63) is 29.1 Å². The van der Waals surface area contributed by atoms with Gasteiger partial charge >= 0.3 is 10.3 Å². The van der Waals surface area contributed by atoms with Crippen molar-refractivity contribution in [3.8, 4) is 5.75 Å². The zero-order valence-electron chi connectivity index (χ0n) is 19.4. The lowest BCUT2D eigenvalue weighted by Gasteiger charge is -2.59. The minimum absolute atomic E-state index is 0.112. The molecule has 0 spiro atoms. The lowest BCUT2D eigenvalue weighted by molar-refractivity contribution is -0.230. The third-order valence-electron chi connectivity index (χ3n) is 8.46. The summed E-state index contributed by atoms with van der Waals surface area (Å²) in [5.74, 6) is -4.02. The third-order valence-corrected chi connectivity index (χ3v) is 9.48. The Bertz CT molecular complexity index is 1100. The van der Waals surface area contributed by atoms with Crippen LogP contribution >= 0.6 is 0 Å². The number of carbonyl (C=O) groups is 1. The van der Waals surface area contributed by atoms with E-state index in [1.165, 1.54) is 12.1 Å². The molecule has 1 aromatic carbocycles. The maximum atomic E-state index is 14.5. The van der Waals surface area contributed by atoms with E-state index in [1.807, 2.05) is 0 Å². The van der Waals surface area contributed by atoms with E-state index < -0.39 is 39.8 Å². The largest absolute Gasteiger partial charge is 0.493 e. The molecular formula is C24H31F3N2O5S. The normalized spacial score (nSPS) is 33.0. The van der Waals surface area contributed by atoms with Crippen LogP contribution in [0, 0.1) is 29.0 Å². The summed E-state index contributed by atoms with van der Waals surface area (Å²) >= 11 is 0. The molecule has 7 nitrogen and oxygen atoms in total. The van der Waals surface area contributed by atoms with Crippen molar-refractivity contribution < 1.29 is 35.7 Å². The molecule has 5 aliphatic carbocycles. The first-order chi connectivity index (χ1) is 16.4. The number of benzene rings is 1. The highest BCUT2D eigenvalue weighted by Gasteiger charge is 2.64. The summed E-state index contributed by atoms with van der Waals surface area (Å²) in [6, 6.07) is 2.77. The molecule has 6 fully saturated rings. The molecule has 0 radical (unpaired) electrons. The van der Waals surface area contributed by atoms with Crippen LogP contribution in [0.4, 0.5) is 13.2 Å². The van der Waals surface area contributed by atoms with E-state index in [4.69, 9.17) is 15.0 Å². The van der Waals surface area contributed by atoms with Crippen molar-refractivity contribution in [1.82, 2.24) is 4.31 Å². The summed E-state index contributed by atoms with van der Waals surface area (Å²) in [5, 5.41) is 0. The second kappa shape index (κ2) is 8.62. The Morgan fingerprint density at radius 1 is 1.14 bits per heavy atom. The standard InChI is InChI=1S/C21H24F3NO2.C3H7NO3S/c22-17-6-18(15(12-1-2-12)5-16(17)19(25)26)27-10-20-7-11-3-13(8-20)21(23,24)14(4-11)9-20;5-8(6,7)4-2-1-3-4/h5-6,11-14H,1-4,7-10H2,(H2,25,26);1-3H2,(H,5,6,7). The van der Waals surface area contributed by atoms with Gasteiger partial charge in [-0.3, -0.25) is 9.35 Å². The lowest BCUT2D eigenvalue weighted by atomic mass is 9.48. The molecule has 4 bridgehead atoms.